The first-order valence-electron chi connectivity index (χ1n) is 6.40. The summed E-state index contributed by atoms with van der Waals surface area (Å²) >= 11 is 0. The normalized spacial score (nSPS) is 12.0. The lowest BCUT2D eigenvalue weighted by atomic mass is 10.0. The molecule has 2 aromatic rings. The number of hydrogen-bond donors (Lipinski definition) is 2. The Balaban J connectivity index is 2.48. The van der Waals surface area contributed by atoms with Gasteiger partial charge >= 0.3 is 0 Å². The van der Waals surface area contributed by atoms with Crippen molar-refractivity contribution in [2.75, 3.05) is 21.3 Å². The van der Waals surface area contributed by atoms with Gasteiger partial charge in [-0.05, 0) is 17.7 Å². The summed E-state index contributed by atoms with van der Waals surface area (Å²) in [7, 11) is 6.63. The predicted octanol–water partition coefficient (Wildman–Crippen LogP) is 0.999. The molecule has 1 unspecified atom stereocenters. The van der Waals surface area contributed by atoms with Gasteiger partial charge in [-0.1, -0.05) is 6.07 Å². The van der Waals surface area contributed by atoms with Gasteiger partial charge in [-0.3, -0.25) is 10.5 Å². The molecule has 0 aliphatic carbocycles. The van der Waals surface area contributed by atoms with Crippen molar-refractivity contribution >= 4 is 0 Å². The molecule has 3 N–H and O–H groups in total. The average Bonchev–Trinajstić information content (AvgIpc) is 2.89. The first kappa shape index (κ1) is 15.1. The van der Waals surface area contributed by atoms with E-state index in [1.165, 1.54) is 0 Å². The van der Waals surface area contributed by atoms with E-state index in [9.17, 15) is 0 Å². The van der Waals surface area contributed by atoms with E-state index in [-0.39, 0.29) is 6.04 Å². The van der Waals surface area contributed by atoms with E-state index >= 15 is 0 Å². The molecule has 0 amide bonds. The molecule has 2 rings (SSSR count). The molecule has 7 nitrogen and oxygen atoms in total. The predicted molar refractivity (Wildman–Crippen MR) is 78.5 cm³/mol. The third-order valence-corrected chi connectivity index (χ3v) is 3.35. The third-order valence-electron chi connectivity index (χ3n) is 3.35. The number of benzene rings is 1. The van der Waals surface area contributed by atoms with Crippen molar-refractivity contribution in [2.24, 2.45) is 12.9 Å². The summed E-state index contributed by atoms with van der Waals surface area (Å²) in [5.41, 5.74) is 4.53. The van der Waals surface area contributed by atoms with Crippen LogP contribution >= 0.6 is 0 Å². The van der Waals surface area contributed by atoms with Crippen molar-refractivity contribution in [2.45, 2.75) is 6.04 Å². The van der Waals surface area contributed by atoms with Gasteiger partial charge in [0.05, 0.1) is 33.6 Å². The van der Waals surface area contributed by atoms with Crippen LogP contribution in [0.15, 0.2) is 24.4 Å². The lowest BCUT2D eigenvalue weighted by Gasteiger charge is -2.19. The molecule has 0 bridgehead atoms. The largest absolute Gasteiger partial charge is 0.493 e. The molecule has 0 saturated carbocycles. The molecule has 1 aromatic carbocycles. The summed E-state index contributed by atoms with van der Waals surface area (Å²) in [4.78, 5) is 0. The minimum Gasteiger partial charge on any atom is -0.493 e. The molecule has 0 spiro atoms. The van der Waals surface area contributed by atoms with Crippen molar-refractivity contribution < 1.29 is 14.2 Å². The molecule has 1 heterocycles. The van der Waals surface area contributed by atoms with Crippen LogP contribution in [0.5, 0.6) is 17.2 Å². The maximum atomic E-state index is 5.73. The summed E-state index contributed by atoms with van der Waals surface area (Å²) in [6.07, 6.45) is 1.65. The van der Waals surface area contributed by atoms with Crippen molar-refractivity contribution in [3.63, 3.8) is 0 Å². The maximum absolute atomic E-state index is 5.73. The molecule has 1 aromatic heterocycles. The highest BCUT2D eigenvalue weighted by Gasteiger charge is 2.22. The summed E-state index contributed by atoms with van der Waals surface area (Å²) in [6.45, 7) is 0. The van der Waals surface area contributed by atoms with Gasteiger partial charge in [0.2, 0.25) is 0 Å². The Bertz CT molecular complexity index is 612. The van der Waals surface area contributed by atoms with Gasteiger partial charge in [-0.15, -0.1) is 0 Å². The van der Waals surface area contributed by atoms with Gasteiger partial charge in [-0.25, -0.2) is 5.43 Å². The van der Waals surface area contributed by atoms with E-state index < -0.39 is 0 Å². The van der Waals surface area contributed by atoms with Crippen molar-refractivity contribution in [3.8, 4) is 17.2 Å². The highest BCUT2D eigenvalue weighted by molar-refractivity contribution is 5.46. The number of aryl methyl sites for hydroxylation is 1. The molecule has 0 aliphatic rings. The van der Waals surface area contributed by atoms with Gasteiger partial charge in [-0.2, -0.15) is 5.10 Å². The van der Waals surface area contributed by atoms with Crippen LogP contribution in [0.1, 0.15) is 17.3 Å². The molecule has 0 radical (unpaired) electrons. The van der Waals surface area contributed by atoms with E-state index in [1.54, 1.807) is 32.2 Å². The fourth-order valence-corrected chi connectivity index (χ4v) is 2.28. The van der Waals surface area contributed by atoms with Gasteiger partial charge in [0.25, 0.3) is 0 Å². The lowest BCUT2D eigenvalue weighted by molar-refractivity contribution is 0.354. The first-order chi connectivity index (χ1) is 10.2. The number of nitrogens with one attached hydrogen (secondary N) is 1. The standard InChI is InChI=1S/C14H20N4O3/c1-18-14(12(21-4)8-16-18)13(17-15)9-5-6-10(19-2)11(7-9)20-3/h5-8,13,17H,15H2,1-4H3. The monoisotopic (exact) mass is 292 g/mol. The highest BCUT2D eigenvalue weighted by atomic mass is 16.5. The Morgan fingerprint density at radius 3 is 2.33 bits per heavy atom. The molecular weight excluding hydrogens is 272 g/mol. The Labute approximate surface area is 123 Å². The molecule has 0 fully saturated rings. The fourth-order valence-electron chi connectivity index (χ4n) is 2.28. The zero-order valence-corrected chi connectivity index (χ0v) is 12.6. The quantitative estimate of drug-likeness (QED) is 0.610. The Kier molecular flexibility index (Phi) is 4.66. The SMILES string of the molecule is COc1ccc(C(NN)c2c(OC)cnn2C)cc1OC. The van der Waals surface area contributed by atoms with Crippen molar-refractivity contribution in [1.82, 2.24) is 15.2 Å². The van der Waals surface area contributed by atoms with Gasteiger partial charge in [0.1, 0.15) is 5.69 Å². The molecule has 0 aliphatic heterocycles. The van der Waals surface area contributed by atoms with Crippen LogP contribution in [0, 0.1) is 0 Å². The molecule has 0 saturated heterocycles. The van der Waals surface area contributed by atoms with E-state index in [4.69, 9.17) is 20.1 Å². The zero-order chi connectivity index (χ0) is 15.4. The second-order valence-corrected chi connectivity index (χ2v) is 4.44. The summed E-state index contributed by atoms with van der Waals surface area (Å²) < 4.78 is 17.6. The van der Waals surface area contributed by atoms with E-state index in [1.807, 2.05) is 25.2 Å². The Morgan fingerprint density at radius 2 is 1.76 bits per heavy atom. The number of hydrazine groups is 1. The minimum absolute atomic E-state index is 0.285. The number of methoxy groups -OCH3 is 3. The summed E-state index contributed by atoms with van der Waals surface area (Å²) in [6, 6.07) is 5.34. The maximum Gasteiger partial charge on any atom is 0.161 e. The highest BCUT2D eigenvalue weighted by Crippen LogP contribution is 2.34. The summed E-state index contributed by atoms with van der Waals surface area (Å²) in [5.74, 6) is 7.69. The van der Waals surface area contributed by atoms with Crippen LogP contribution in [-0.4, -0.2) is 31.1 Å². The molecular formula is C14H20N4O3. The zero-order valence-electron chi connectivity index (χ0n) is 12.6. The van der Waals surface area contributed by atoms with Crippen LogP contribution < -0.4 is 25.5 Å². The molecule has 1 atom stereocenters. The van der Waals surface area contributed by atoms with Crippen molar-refractivity contribution in [3.05, 3.63) is 35.7 Å². The smallest absolute Gasteiger partial charge is 0.161 e. The fraction of sp³-hybridized carbons (Fsp3) is 0.357. The first-order valence-corrected chi connectivity index (χ1v) is 6.40. The lowest BCUT2D eigenvalue weighted by Crippen LogP contribution is -2.30. The number of rotatable bonds is 6. The second-order valence-electron chi connectivity index (χ2n) is 4.44. The van der Waals surface area contributed by atoms with E-state index in [0.717, 1.165) is 11.3 Å². The topological polar surface area (TPSA) is 83.6 Å². The number of hydrogen-bond acceptors (Lipinski definition) is 6. The average molecular weight is 292 g/mol. The van der Waals surface area contributed by atoms with E-state index in [0.29, 0.717) is 17.2 Å². The van der Waals surface area contributed by atoms with Crippen LogP contribution in [0.2, 0.25) is 0 Å². The number of nitrogens with two attached hydrogens (primary N) is 1. The van der Waals surface area contributed by atoms with Gasteiger partial charge in [0.15, 0.2) is 17.2 Å². The van der Waals surface area contributed by atoms with Crippen LogP contribution in [0.25, 0.3) is 0 Å². The number of nitrogens with zero attached hydrogens (tertiary/aromatic N) is 2. The molecule has 21 heavy (non-hydrogen) atoms. The number of aromatic nitrogens is 2. The summed E-state index contributed by atoms with van der Waals surface area (Å²) in [5, 5.41) is 4.20. The number of ether oxygens (including phenoxy) is 3. The Morgan fingerprint density at radius 1 is 1.10 bits per heavy atom. The van der Waals surface area contributed by atoms with E-state index in [2.05, 4.69) is 10.5 Å². The van der Waals surface area contributed by atoms with Gasteiger partial charge in [0, 0.05) is 7.05 Å². The Hall–Kier alpha value is -2.25. The van der Waals surface area contributed by atoms with Gasteiger partial charge < -0.3 is 14.2 Å². The van der Waals surface area contributed by atoms with Crippen molar-refractivity contribution in [1.29, 1.82) is 0 Å². The minimum atomic E-state index is -0.285. The van der Waals surface area contributed by atoms with Crippen LogP contribution in [0.4, 0.5) is 0 Å². The third kappa shape index (κ3) is 2.79. The second kappa shape index (κ2) is 6.47. The van der Waals surface area contributed by atoms with Crippen LogP contribution in [0.3, 0.4) is 0 Å². The molecule has 114 valence electrons. The molecule has 7 heteroatoms. The van der Waals surface area contributed by atoms with Crippen LogP contribution in [-0.2, 0) is 7.05 Å².